The predicted molar refractivity (Wildman–Crippen MR) is 87.6 cm³/mol. The number of hydrogen-bond donors (Lipinski definition) is 2. The number of aryl methyl sites for hydroxylation is 1. The number of carboxylic acids is 1. The Bertz CT molecular complexity index is 836. The number of benzene rings is 1. The number of amides is 1. The molecule has 1 heterocycles. The van der Waals surface area contributed by atoms with Crippen LogP contribution in [-0.2, 0) is 26.8 Å². The van der Waals surface area contributed by atoms with E-state index in [9.17, 15) is 18.0 Å². The van der Waals surface area contributed by atoms with E-state index in [1.165, 1.54) is 12.1 Å². The maximum Gasteiger partial charge on any atom is 0.303 e. The molecule has 0 atom stereocenters. The van der Waals surface area contributed by atoms with Crippen LogP contribution < -0.4 is 5.32 Å². The molecule has 0 spiro atoms. The van der Waals surface area contributed by atoms with Gasteiger partial charge in [-0.05, 0) is 36.2 Å². The summed E-state index contributed by atoms with van der Waals surface area (Å²) in [6.45, 7) is 0. The van der Waals surface area contributed by atoms with Gasteiger partial charge >= 0.3 is 5.97 Å². The number of sulfone groups is 1. The second kappa shape index (κ2) is 7.31. The normalized spacial score (nSPS) is 11.2. The molecule has 0 bridgehead atoms. The quantitative estimate of drug-likeness (QED) is 0.789. The van der Waals surface area contributed by atoms with Crippen LogP contribution in [0.5, 0.6) is 0 Å². The summed E-state index contributed by atoms with van der Waals surface area (Å²) in [5.41, 5.74) is 1.38. The maximum atomic E-state index is 12.1. The zero-order chi connectivity index (χ0) is 17.7. The molecule has 0 aliphatic rings. The van der Waals surface area contributed by atoms with Crippen LogP contribution >= 0.6 is 0 Å². The minimum atomic E-state index is -3.23. The van der Waals surface area contributed by atoms with Crippen LogP contribution in [0.3, 0.4) is 0 Å². The number of furan rings is 1. The summed E-state index contributed by atoms with van der Waals surface area (Å²) >= 11 is 0. The number of nitrogens with one attached hydrogen (secondary N) is 1. The molecule has 128 valence electrons. The number of hydrogen-bond acceptors (Lipinski definition) is 5. The van der Waals surface area contributed by atoms with Gasteiger partial charge in [0.2, 0.25) is 0 Å². The second-order valence-corrected chi connectivity index (χ2v) is 7.52. The molecule has 8 heteroatoms. The van der Waals surface area contributed by atoms with Gasteiger partial charge in [-0.25, -0.2) is 8.42 Å². The molecule has 1 aromatic carbocycles. The van der Waals surface area contributed by atoms with Crippen molar-refractivity contribution in [3.8, 4) is 0 Å². The first kappa shape index (κ1) is 17.7. The van der Waals surface area contributed by atoms with Gasteiger partial charge in [0.25, 0.3) is 5.91 Å². The predicted octanol–water partition coefficient (Wildman–Crippen LogP) is 2.09. The number of carbonyl (C=O) groups excluding carboxylic acids is 1. The summed E-state index contributed by atoms with van der Waals surface area (Å²) in [5, 5.41) is 11.3. The molecule has 24 heavy (non-hydrogen) atoms. The van der Waals surface area contributed by atoms with Gasteiger partial charge in [0, 0.05) is 18.4 Å². The molecule has 1 aromatic heterocycles. The molecule has 0 fully saturated rings. The number of rotatable bonds is 7. The lowest BCUT2D eigenvalue weighted by molar-refractivity contribution is -0.136. The average Bonchev–Trinajstić information content (AvgIpc) is 2.93. The van der Waals surface area contributed by atoms with E-state index in [0.29, 0.717) is 12.1 Å². The summed E-state index contributed by atoms with van der Waals surface area (Å²) in [4.78, 5) is 22.6. The van der Waals surface area contributed by atoms with Crippen LogP contribution in [0.15, 0.2) is 40.8 Å². The molecule has 0 radical (unpaired) electrons. The van der Waals surface area contributed by atoms with E-state index in [0.717, 1.165) is 11.8 Å². The van der Waals surface area contributed by atoms with Crippen molar-refractivity contribution in [3.05, 3.63) is 53.5 Å². The lowest BCUT2D eigenvalue weighted by Gasteiger charge is -2.05. The van der Waals surface area contributed by atoms with Crippen molar-refractivity contribution in [2.75, 3.05) is 11.6 Å². The Hall–Kier alpha value is -2.61. The van der Waals surface area contributed by atoms with Crippen LogP contribution in [0.25, 0.3) is 0 Å². The summed E-state index contributed by atoms with van der Waals surface area (Å²) < 4.78 is 27.6. The zero-order valence-corrected chi connectivity index (χ0v) is 13.8. The average molecular weight is 351 g/mol. The van der Waals surface area contributed by atoms with Gasteiger partial charge in [-0.15, -0.1) is 0 Å². The molecule has 0 aliphatic carbocycles. The van der Waals surface area contributed by atoms with Crippen molar-refractivity contribution >= 4 is 27.4 Å². The third-order valence-corrected chi connectivity index (χ3v) is 3.94. The molecular weight excluding hydrogens is 334 g/mol. The standard InChI is InChI=1S/C16H17NO6S/c1-24(21,22)10-13-7-8-14(23-13)16(20)17-12-5-2-11(3-6-12)4-9-15(18)19/h2-3,5-8H,4,9-10H2,1H3,(H,17,20)(H,18,19). The smallest absolute Gasteiger partial charge is 0.303 e. The van der Waals surface area contributed by atoms with Gasteiger partial charge < -0.3 is 14.8 Å². The van der Waals surface area contributed by atoms with E-state index in [-0.39, 0.29) is 23.7 Å². The molecule has 0 saturated heterocycles. The van der Waals surface area contributed by atoms with Gasteiger partial charge in [0.05, 0.1) is 0 Å². The SMILES string of the molecule is CS(=O)(=O)Cc1ccc(C(=O)Nc2ccc(CCC(=O)O)cc2)o1. The lowest BCUT2D eigenvalue weighted by atomic mass is 10.1. The third kappa shape index (κ3) is 5.54. The number of anilines is 1. The minimum Gasteiger partial charge on any atom is -0.481 e. The molecule has 2 aromatic rings. The highest BCUT2D eigenvalue weighted by Crippen LogP contribution is 2.15. The van der Waals surface area contributed by atoms with Crippen LogP contribution in [0.1, 0.15) is 28.3 Å². The van der Waals surface area contributed by atoms with E-state index >= 15 is 0 Å². The van der Waals surface area contributed by atoms with E-state index in [4.69, 9.17) is 9.52 Å². The molecule has 2 rings (SSSR count). The van der Waals surface area contributed by atoms with Crippen molar-refractivity contribution in [2.45, 2.75) is 18.6 Å². The number of carbonyl (C=O) groups is 2. The van der Waals surface area contributed by atoms with Crippen LogP contribution in [0, 0.1) is 0 Å². The fourth-order valence-electron chi connectivity index (χ4n) is 2.03. The topological polar surface area (TPSA) is 114 Å². The Morgan fingerprint density at radius 1 is 1.12 bits per heavy atom. The van der Waals surface area contributed by atoms with Crippen molar-refractivity contribution in [3.63, 3.8) is 0 Å². The van der Waals surface area contributed by atoms with E-state index in [1.807, 2.05) is 0 Å². The van der Waals surface area contributed by atoms with Gasteiger partial charge in [0.1, 0.15) is 11.5 Å². The first-order valence-corrected chi connectivity index (χ1v) is 9.17. The van der Waals surface area contributed by atoms with Crippen LogP contribution in [-0.4, -0.2) is 31.7 Å². The summed E-state index contributed by atoms with van der Waals surface area (Å²) in [6, 6.07) is 9.65. The Balaban J connectivity index is 1.98. The lowest BCUT2D eigenvalue weighted by Crippen LogP contribution is -2.11. The number of aliphatic carboxylic acids is 1. The molecule has 0 aliphatic heterocycles. The van der Waals surface area contributed by atoms with Crippen LogP contribution in [0.2, 0.25) is 0 Å². The van der Waals surface area contributed by atoms with Gasteiger partial charge in [0.15, 0.2) is 15.6 Å². The minimum absolute atomic E-state index is 0.0172. The Morgan fingerprint density at radius 2 is 1.79 bits per heavy atom. The molecular formula is C16H17NO6S. The summed E-state index contributed by atoms with van der Waals surface area (Å²) in [6.07, 6.45) is 1.54. The fraction of sp³-hybridized carbons (Fsp3) is 0.250. The Labute approximate surface area is 139 Å². The van der Waals surface area contributed by atoms with Crippen molar-refractivity contribution < 1.29 is 27.5 Å². The number of carboxylic acid groups (broad SMARTS) is 1. The van der Waals surface area contributed by atoms with Gasteiger partial charge in [-0.1, -0.05) is 12.1 Å². The van der Waals surface area contributed by atoms with E-state index in [2.05, 4.69) is 5.32 Å². The molecule has 0 saturated carbocycles. The van der Waals surface area contributed by atoms with Crippen molar-refractivity contribution in [1.82, 2.24) is 0 Å². The molecule has 7 nitrogen and oxygen atoms in total. The first-order chi connectivity index (χ1) is 11.2. The van der Waals surface area contributed by atoms with E-state index in [1.54, 1.807) is 24.3 Å². The largest absolute Gasteiger partial charge is 0.481 e. The highest BCUT2D eigenvalue weighted by Gasteiger charge is 2.14. The van der Waals surface area contributed by atoms with Crippen molar-refractivity contribution in [2.24, 2.45) is 0 Å². The summed E-state index contributed by atoms with van der Waals surface area (Å²) in [7, 11) is -3.23. The Morgan fingerprint density at radius 3 is 2.38 bits per heavy atom. The summed E-state index contributed by atoms with van der Waals surface area (Å²) in [5.74, 6) is -1.41. The van der Waals surface area contributed by atoms with Gasteiger partial charge in [-0.2, -0.15) is 0 Å². The van der Waals surface area contributed by atoms with E-state index < -0.39 is 21.7 Å². The Kier molecular flexibility index (Phi) is 5.40. The van der Waals surface area contributed by atoms with Gasteiger partial charge in [-0.3, -0.25) is 9.59 Å². The highest BCUT2D eigenvalue weighted by molar-refractivity contribution is 7.89. The maximum absolute atomic E-state index is 12.1. The second-order valence-electron chi connectivity index (χ2n) is 5.38. The monoisotopic (exact) mass is 351 g/mol. The van der Waals surface area contributed by atoms with Crippen LogP contribution in [0.4, 0.5) is 5.69 Å². The zero-order valence-electron chi connectivity index (χ0n) is 13.0. The highest BCUT2D eigenvalue weighted by atomic mass is 32.2. The third-order valence-electron chi connectivity index (χ3n) is 3.13. The van der Waals surface area contributed by atoms with Crippen molar-refractivity contribution in [1.29, 1.82) is 0 Å². The first-order valence-electron chi connectivity index (χ1n) is 7.11. The molecule has 0 unspecified atom stereocenters. The fourth-order valence-corrected chi connectivity index (χ4v) is 2.71. The molecule has 2 N–H and O–H groups in total. The molecule has 1 amide bonds.